The summed E-state index contributed by atoms with van der Waals surface area (Å²) >= 11 is 0. The van der Waals surface area contributed by atoms with Crippen LogP contribution in [0.1, 0.15) is 42.4 Å². The molecule has 0 saturated heterocycles. The van der Waals surface area contributed by atoms with E-state index in [4.69, 9.17) is 4.74 Å². The maximum atomic E-state index is 13.2. The number of anilines is 2. The number of rotatable bonds is 2. The third-order valence-electron chi connectivity index (χ3n) is 6.47. The van der Waals surface area contributed by atoms with Gasteiger partial charge in [-0.05, 0) is 49.1 Å². The molecule has 1 atom stereocenters. The molecule has 8 heteroatoms. The van der Waals surface area contributed by atoms with E-state index in [1.807, 2.05) is 12.1 Å². The average molecular weight is 444 g/mol. The van der Waals surface area contributed by atoms with E-state index in [0.717, 1.165) is 42.6 Å². The highest BCUT2D eigenvalue weighted by Crippen LogP contribution is 2.50. The summed E-state index contributed by atoms with van der Waals surface area (Å²) in [5, 5.41) is 16.0. The van der Waals surface area contributed by atoms with E-state index in [2.05, 4.69) is 10.6 Å². The lowest BCUT2D eigenvalue weighted by molar-refractivity contribution is -0.138. The third-order valence-corrected chi connectivity index (χ3v) is 6.47. The number of alkyl halides is 3. The predicted molar refractivity (Wildman–Crippen MR) is 115 cm³/mol. The van der Waals surface area contributed by atoms with E-state index in [1.54, 1.807) is 6.07 Å². The average Bonchev–Trinajstić information content (AvgIpc) is 2.72. The van der Waals surface area contributed by atoms with Crippen LogP contribution >= 0.6 is 0 Å². The van der Waals surface area contributed by atoms with Gasteiger partial charge >= 0.3 is 6.18 Å². The first-order valence-corrected chi connectivity index (χ1v) is 10.7. The molecule has 1 unspecified atom stereocenters. The Kier molecular flexibility index (Phi) is 4.93. The van der Waals surface area contributed by atoms with Crippen LogP contribution in [0.2, 0.25) is 0 Å². The molecule has 3 N–H and O–H groups in total. The van der Waals surface area contributed by atoms with Crippen molar-refractivity contribution in [2.24, 2.45) is 0 Å². The molecule has 0 aromatic heterocycles. The van der Waals surface area contributed by atoms with Gasteiger partial charge in [-0.25, -0.2) is 0 Å². The van der Waals surface area contributed by atoms with E-state index in [1.165, 1.54) is 12.1 Å². The van der Waals surface area contributed by atoms with Gasteiger partial charge in [-0.1, -0.05) is 12.1 Å². The number of β-amino-alcohol motifs (C(OH)–C–C–N with tert-alkyl or cyclic N) is 1. The van der Waals surface area contributed by atoms with Crippen molar-refractivity contribution in [1.29, 1.82) is 0 Å². The number of halogens is 3. The van der Waals surface area contributed by atoms with Crippen LogP contribution in [-0.2, 0) is 17.4 Å². The molecule has 32 heavy (non-hydrogen) atoms. The molecular formula is C24H23F3N2O3. The van der Waals surface area contributed by atoms with Gasteiger partial charge in [0.25, 0.3) is 0 Å². The number of hydrogen-bond donors (Lipinski definition) is 3. The van der Waals surface area contributed by atoms with Crippen LogP contribution in [0.5, 0.6) is 5.75 Å². The smallest absolute Gasteiger partial charge is 0.416 e. The number of hydrogen-bond acceptors (Lipinski definition) is 4. The minimum absolute atomic E-state index is 0.175. The van der Waals surface area contributed by atoms with Gasteiger partial charge in [-0.15, -0.1) is 0 Å². The van der Waals surface area contributed by atoms with Gasteiger partial charge in [0.1, 0.15) is 11.4 Å². The zero-order valence-electron chi connectivity index (χ0n) is 17.3. The highest BCUT2D eigenvalue weighted by molar-refractivity contribution is 6.05. The van der Waals surface area contributed by atoms with Crippen molar-refractivity contribution < 1.29 is 27.8 Å². The van der Waals surface area contributed by atoms with E-state index in [0.29, 0.717) is 36.2 Å². The molecule has 0 radical (unpaired) electrons. The zero-order valence-corrected chi connectivity index (χ0v) is 17.3. The molecule has 2 aromatic carbocycles. The molecule has 3 aliphatic rings. The van der Waals surface area contributed by atoms with Crippen LogP contribution in [0.4, 0.5) is 24.5 Å². The second kappa shape index (κ2) is 7.55. The Morgan fingerprint density at radius 2 is 2.06 bits per heavy atom. The number of ether oxygens (including phenoxy) is 1. The fraction of sp³-hybridized carbons (Fsp3) is 0.375. The lowest BCUT2D eigenvalue weighted by Crippen LogP contribution is -2.45. The SMILES string of the molecule is O=C(C=C1CC2(CCC2)Oc2cc(C(F)(F)F)ccc21)Nc1cccc2c1CC(O)CN2. The number of amides is 1. The van der Waals surface area contributed by atoms with Crippen molar-refractivity contribution in [2.75, 3.05) is 17.2 Å². The molecule has 1 spiro atoms. The minimum Gasteiger partial charge on any atom is -0.486 e. The summed E-state index contributed by atoms with van der Waals surface area (Å²) in [6, 6.07) is 8.92. The number of carbonyl (C=O) groups excluding carboxylic acids is 1. The standard InChI is InChI=1S/C24H23F3N2O3/c25-24(26,27)15-5-6-17-14(12-23(7-2-8-23)32-21(17)10-15)9-22(31)29-20-4-1-3-19-18(20)11-16(30)13-28-19/h1,3-6,9-10,16,28,30H,2,7-8,11-13H2,(H,29,31). The molecule has 2 aromatic rings. The number of aliphatic hydroxyl groups excluding tert-OH is 1. The lowest BCUT2D eigenvalue weighted by atomic mass is 9.72. The first-order valence-electron chi connectivity index (χ1n) is 10.7. The monoisotopic (exact) mass is 444 g/mol. The van der Waals surface area contributed by atoms with E-state index >= 15 is 0 Å². The Morgan fingerprint density at radius 1 is 1.25 bits per heavy atom. The Balaban J connectivity index is 1.46. The fourth-order valence-electron chi connectivity index (χ4n) is 4.69. The van der Waals surface area contributed by atoms with Gasteiger partial charge in [0, 0.05) is 48.0 Å². The van der Waals surface area contributed by atoms with Crippen molar-refractivity contribution in [3.63, 3.8) is 0 Å². The van der Waals surface area contributed by atoms with E-state index < -0.39 is 23.4 Å². The Bertz CT molecular complexity index is 1110. The summed E-state index contributed by atoms with van der Waals surface area (Å²) in [6.07, 6.45) is -0.201. The summed E-state index contributed by atoms with van der Waals surface area (Å²) in [5.41, 5.74) is 2.18. The predicted octanol–water partition coefficient (Wildman–Crippen LogP) is 4.76. The van der Waals surface area contributed by atoms with Gasteiger partial charge in [0.05, 0.1) is 11.7 Å². The molecule has 0 bridgehead atoms. The van der Waals surface area contributed by atoms with Crippen molar-refractivity contribution in [1.82, 2.24) is 0 Å². The molecule has 5 nitrogen and oxygen atoms in total. The number of fused-ring (bicyclic) bond motifs is 2. The van der Waals surface area contributed by atoms with E-state index in [-0.39, 0.29) is 11.7 Å². The maximum Gasteiger partial charge on any atom is 0.416 e. The summed E-state index contributed by atoms with van der Waals surface area (Å²) in [4.78, 5) is 12.9. The minimum atomic E-state index is -4.46. The Morgan fingerprint density at radius 3 is 2.78 bits per heavy atom. The van der Waals surface area contributed by atoms with Crippen LogP contribution in [0.25, 0.3) is 5.57 Å². The zero-order chi connectivity index (χ0) is 22.5. The maximum absolute atomic E-state index is 13.2. The van der Waals surface area contributed by atoms with Gasteiger partial charge in [-0.3, -0.25) is 4.79 Å². The molecule has 1 saturated carbocycles. The summed E-state index contributed by atoms with van der Waals surface area (Å²) in [7, 11) is 0. The molecule has 1 aliphatic carbocycles. The molecule has 168 valence electrons. The summed E-state index contributed by atoms with van der Waals surface area (Å²) in [6.45, 7) is 0.452. The van der Waals surface area contributed by atoms with Gasteiger partial charge in [0.2, 0.25) is 5.91 Å². The second-order valence-electron chi connectivity index (χ2n) is 8.75. The van der Waals surface area contributed by atoms with Crippen LogP contribution < -0.4 is 15.4 Å². The Hall–Kier alpha value is -3.00. The first kappa shape index (κ1) is 20.9. The molecule has 5 rings (SSSR count). The Labute approximate surface area is 183 Å². The molecule has 2 aliphatic heterocycles. The van der Waals surface area contributed by atoms with E-state index in [9.17, 15) is 23.1 Å². The van der Waals surface area contributed by atoms with Crippen LogP contribution in [-0.4, -0.2) is 29.3 Å². The van der Waals surface area contributed by atoms with Crippen molar-refractivity contribution in [3.8, 4) is 5.75 Å². The quantitative estimate of drug-likeness (QED) is 0.584. The lowest BCUT2D eigenvalue weighted by Gasteiger charge is -2.46. The highest BCUT2D eigenvalue weighted by Gasteiger charge is 2.44. The van der Waals surface area contributed by atoms with Gasteiger partial charge in [0.15, 0.2) is 0 Å². The third kappa shape index (κ3) is 3.83. The topological polar surface area (TPSA) is 70.6 Å². The number of aliphatic hydroxyl groups is 1. The van der Waals surface area contributed by atoms with Crippen molar-refractivity contribution in [3.05, 3.63) is 59.2 Å². The molecule has 2 heterocycles. The number of benzene rings is 2. The second-order valence-corrected chi connectivity index (χ2v) is 8.75. The highest BCUT2D eigenvalue weighted by atomic mass is 19.4. The van der Waals surface area contributed by atoms with Crippen LogP contribution in [0, 0.1) is 0 Å². The largest absolute Gasteiger partial charge is 0.486 e. The molecular weight excluding hydrogens is 421 g/mol. The summed E-state index contributed by atoms with van der Waals surface area (Å²) < 4.78 is 45.6. The first-order chi connectivity index (χ1) is 15.2. The van der Waals surface area contributed by atoms with Gasteiger partial charge < -0.3 is 20.5 Å². The fourth-order valence-corrected chi connectivity index (χ4v) is 4.69. The van der Waals surface area contributed by atoms with Crippen molar-refractivity contribution >= 4 is 22.9 Å². The van der Waals surface area contributed by atoms with Crippen LogP contribution in [0.3, 0.4) is 0 Å². The normalized spacial score (nSPS) is 22.2. The number of nitrogens with one attached hydrogen (secondary N) is 2. The van der Waals surface area contributed by atoms with Crippen molar-refractivity contribution in [2.45, 2.75) is 50.0 Å². The molecule has 1 amide bonds. The number of carbonyl (C=O) groups is 1. The molecule has 1 fully saturated rings. The van der Waals surface area contributed by atoms with Crippen LogP contribution in [0.15, 0.2) is 42.5 Å². The summed E-state index contributed by atoms with van der Waals surface area (Å²) in [5.74, 6) is -0.190. The van der Waals surface area contributed by atoms with Gasteiger partial charge in [-0.2, -0.15) is 13.2 Å².